The molecule has 1 heterocycles. The van der Waals surface area contributed by atoms with Crippen molar-refractivity contribution in [3.05, 3.63) is 62.8 Å². The van der Waals surface area contributed by atoms with Crippen LogP contribution in [0.3, 0.4) is 0 Å². The molecule has 2 aromatic carbocycles. The van der Waals surface area contributed by atoms with E-state index in [-0.39, 0.29) is 5.82 Å². The number of halogens is 3. The van der Waals surface area contributed by atoms with Gasteiger partial charge >= 0.3 is 0 Å². The predicted octanol–water partition coefficient (Wildman–Crippen LogP) is 4.80. The van der Waals surface area contributed by atoms with Crippen LogP contribution in [0, 0.1) is 5.82 Å². The molecule has 2 nitrogen and oxygen atoms in total. The predicted molar refractivity (Wildman–Crippen MR) is 78.5 cm³/mol. The van der Waals surface area contributed by atoms with Crippen molar-refractivity contribution in [1.29, 1.82) is 0 Å². The molecule has 20 heavy (non-hydrogen) atoms. The number of aliphatic hydroxyl groups excluding tert-OH is 1. The minimum absolute atomic E-state index is 0.298. The number of ether oxygens (including phenoxy) is 1. The number of aliphatic hydroxyl groups is 1. The highest BCUT2D eigenvalue weighted by molar-refractivity contribution is 9.10. The highest BCUT2D eigenvalue weighted by Gasteiger charge is 2.29. The lowest BCUT2D eigenvalue weighted by atomic mass is 9.95. The van der Waals surface area contributed by atoms with E-state index in [0.717, 1.165) is 0 Å². The molecule has 0 amide bonds. The smallest absolute Gasteiger partial charge is 0.131 e. The third kappa shape index (κ3) is 2.55. The average molecular weight is 358 g/mol. The summed E-state index contributed by atoms with van der Waals surface area (Å²) in [5.41, 5.74) is 1.08. The van der Waals surface area contributed by atoms with Crippen LogP contribution in [0.15, 0.2) is 40.9 Å². The molecule has 0 aliphatic carbocycles. The monoisotopic (exact) mass is 356 g/mol. The van der Waals surface area contributed by atoms with Gasteiger partial charge in [-0.3, -0.25) is 0 Å². The van der Waals surface area contributed by atoms with Crippen molar-refractivity contribution in [3.63, 3.8) is 0 Å². The molecule has 1 N–H and O–H groups in total. The van der Waals surface area contributed by atoms with Gasteiger partial charge in [0, 0.05) is 27.0 Å². The Kier molecular flexibility index (Phi) is 3.71. The van der Waals surface area contributed by atoms with E-state index in [1.807, 2.05) is 0 Å². The molecule has 0 saturated carbocycles. The van der Waals surface area contributed by atoms with Crippen LogP contribution in [0.2, 0.25) is 5.02 Å². The van der Waals surface area contributed by atoms with Crippen LogP contribution < -0.4 is 4.74 Å². The molecule has 104 valence electrons. The molecule has 0 aromatic heterocycles. The first-order chi connectivity index (χ1) is 9.54. The number of fused-ring (bicyclic) bond motifs is 1. The maximum absolute atomic E-state index is 14.0. The molecule has 0 bridgehead atoms. The normalized spacial score (nSPS) is 21.2. The van der Waals surface area contributed by atoms with E-state index in [1.54, 1.807) is 30.3 Å². The second kappa shape index (κ2) is 5.35. The Morgan fingerprint density at radius 3 is 2.75 bits per heavy atom. The molecule has 5 heteroatoms. The molecule has 1 unspecified atom stereocenters. The summed E-state index contributed by atoms with van der Waals surface area (Å²) in [6.07, 6.45) is -0.927. The van der Waals surface area contributed by atoms with Gasteiger partial charge in [0.1, 0.15) is 17.7 Å². The zero-order chi connectivity index (χ0) is 14.3. The molecule has 0 radical (unpaired) electrons. The van der Waals surface area contributed by atoms with Gasteiger partial charge in [-0.05, 0) is 30.3 Å². The number of hydrogen-bond donors (Lipinski definition) is 1. The van der Waals surface area contributed by atoms with Crippen LogP contribution >= 0.6 is 27.5 Å². The van der Waals surface area contributed by atoms with Crippen molar-refractivity contribution in [2.75, 3.05) is 0 Å². The highest BCUT2D eigenvalue weighted by Crippen LogP contribution is 2.42. The summed E-state index contributed by atoms with van der Waals surface area (Å²) in [4.78, 5) is 0. The van der Waals surface area contributed by atoms with E-state index in [2.05, 4.69) is 15.9 Å². The van der Waals surface area contributed by atoms with Gasteiger partial charge in [-0.15, -0.1) is 0 Å². The molecule has 0 fully saturated rings. The Morgan fingerprint density at radius 2 is 2.00 bits per heavy atom. The second-order valence-corrected chi connectivity index (χ2v) is 6.06. The van der Waals surface area contributed by atoms with Gasteiger partial charge in [0.2, 0.25) is 0 Å². The van der Waals surface area contributed by atoms with Gasteiger partial charge in [-0.1, -0.05) is 33.6 Å². The Bertz CT molecular complexity index is 662. The maximum Gasteiger partial charge on any atom is 0.131 e. The molecule has 1 aliphatic rings. The summed E-state index contributed by atoms with van der Waals surface area (Å²) in [6.45, 7) is 0. The van der Waals surface area contributed by atoms with Gasteiger partial charge in [-0.2, -0.15) is 0 Å². The molecular formula is C15H11BrClFO2. The number of rotatable bonds is 1. The maximum atomic E-state index is 14.0. The molecule has 2 atom stereocenters. The van der Waals surface area contributed by atoms with E-state index < -0.39 is 12.2 Å². The lowest BCUT2D eigenvalue weighted by Gasteiger charge is -2.30. The van der Waals surface area contributed by atoms with Crippen LogP contribution in [0.5, 0.6) is 5.75 Å². The first kappa shape index (κ1) is 13.9. The molecule has 1 aliphatic heterocycles. The molecule has 0 spiro atoms. The van der Waals surface area contributed by atoms with E-state index >= 15 is 0 Å². The van der Waals surface area contributed by atoms with E-state index in [9.17, 15) is 9.50 Å². The summed E-state index contributed by atoms with van der Waals surface area (Å²) in [5, 5.41) is 10.7. The molecular weight excluding hydrogens is 347 g/mol. The Balaban J connectivity index is 1.97. The molecule has 0 saturated heterocycles. The fourth-order valence-electron chi connectivity index (χ4n) is 2.37. The fraction of sp³-hybridized carbons (Fsp3) is 0.200. The summed E-state index contributed by atoms with van der Waals surface area (Å²) in [6, 6.07) is 9.87. The Hall–Kier alpha value is -1.10. The van der Waals surface area contributed by atoms with Gasteiger partial charge in [0.05, 0.1) is 6.10 Å². The molecule has 2 aromatic rings. The van der Waals surface area contributed by atoms with Gasteiger partial charge in [0.25, 0.3) is 0 Å². The van der Waals surface area contributed by atoms with Crippen molar-refractivity contribution < 1.29 is 14.2 Å². The topological polar surface area (TPSA) is 29.5 Å². The quantitative estimate of drug-likeness (QED) is 0.794. The third-order valence-corrected chi connectivity index (χ3v) is 4.08. The summed E-state index contributed by atoms with van der Waals surface area (Å²) >= 11 is 9.13. The van der Waals surface area contributed by atoms with Crippen molar-refractivity contribution in [3.8, 4) is 5.75 Å². The van der Waals surface area contributed by atoms with Crippen molar-refractivity contribution in [2.24, 2.45) is 0 Å². The minimum atomic E-state index is -0.717. The lowest BCUT2D eigenvalue weighted by molar-refractivity contribution is 0.0640. The van der Waals surface area contributed by atoms with Crippen molar-refractivity contribution in [2.45, 2.75) is 18.6 Å². The molecule has 3 rings (SSSR count). The minimum Gasteiger partial charge on any atom is -0.485 e. The van der Waals surface area contributed by atoms with Gasteiger partial charge in [0.15, 0.2) is 0 Å². The average Bonchev–Trinajstić information content (AvgIpc) is 2.39. The third-order valence-electron chi connectivity index (χ3n) is 3.35. The first-order valence-electron chi connectivity index (χ1n) is 6.13. The second-order valence-electron chi connectivity index (χ2n) is 4.71. The summed E-state index contributed by atoms with van der Waals surface area (Å²) in [7, 11) is 0. The van der Waals surface area contributed by atoms with Crippen LogP contribution in [0.1, 0.15) is 29.8 Å². The van der Waals surface area contributed by atoms with E-state index in [0.29, 0.717) is 32.8 Å². The van der Waals surface area contributed by atoms with Gasteiger partial charge in [-0.25, -0.2) is 4.39 Å². The first-order valence-corrected chi connectivity index (χ1v) is 7.31. The Morgan fingerprint density at radius 1 is 1.20 bits per heavy atom. The zero-order valence-corrected chi connectivity index (χ0v) is 12.7. The lowest BCUT2D eigenvalue weighted by Crippen LogP contribution is -2.20. The summed E-state index contributed by atoms with van der Waals surface area (Å²) < 4.78 is 20.4. The number of benzene rings is 2. The van der Waals surface area contributed by atoms with E-state index in [4.69, 9.17) is 16.3 Å². The van der Waals surface area contributed by atoms with Gasteiger partial charge < -0.3 is 9.84 Å². The number of hydrogen-bond acceptors (Lipinski definition) is 2. The van der Waals surface area contributed by atoms with E-state index in [1.165, 1.54) is 6.07 Å². The van der Waals surface area contributed by atoms with Crippen LogP contribution in [-0.4, -0.2) is 5.11 Å². The van der Waals surface area contributed by atoms with Crippen LogP contribution in [0.4, 0.5) is 4.39 Å². The largest absolute Gasteiger partial charge is 0.485 e. The highest BCUT2D eigenvalue weighted by atomic mass is 79.9. The van der Waals surface area contributed by atoms with Crippen LogP contribution in [0.25, 0.3) is 0 Å². The van der Waals surface area contributed by atoms with Crippen molar-refractivity contribution in [1.82, 2.24) is 0 Å². The fourth-order valence-corrected chi connectivity index (χ4v) is 2.88. The Labute approximate surface area is 129 Å². The van der Waals surface area contributed by atoms with Crippen LogP contribution in [-0.2, 0) is 0 Å². The summed E-state index contributed by atoms with van der Waals surface area (Å²) in [5.74, 6) is 0.189. The SMILES string of the molecule is O[C@H]1CC(c2ccc(Br)cc2F)Oc2ccc(Cl)cc21. The van der Waals surface area contributed by atoms with Crippen molar-refractivity contribution >= 4 is 27.5 Å². The standard InChI is InChI=1S/C15H11BrClFO2/c16-8-1-3-10(12(18)5-8)15-7-13(19)11-6-9(17)2-4-14(11)20-15/h1-6,13,15,19H,7H2/t13-,15?/m0/s1. The zero-order valence-electron chi connectivity index (χ0n) is 10.3.